The molecule has 0 unspecified atom stereocenters. The number of aryl methyl sites for hydroxylation is 1. The van der Waals surface area contributed by atoms with Crippen LogP contribution in [0.1, 0.15) is 22.4 Å². The third-order valence-electron chi connectivity index (χ3n) is 2.79. The molecule has 4 heteroatoms. The fourth-order valence-electron chi connectivity index (χ4n) is 1.72. The van der Waals surface area contributed by atoms with Gasteiger partial charge in [0.2, 0.25) is 0 Å². The molecule has 1 aromatic carbocycles. The largest absolute Gasteiger partial charge is 0.506 e. The highest BCUT2D eigenvalue weighted by Crippen LogP contribution is 2.25. The smallest absolute Gasteiger partial charge is 0.142 e. The predicted octanol–water partition coefficient (Wildman–Crippen LogP) is 3.18. The van der Waals surface area contributed by atoms with E-state index in [0.29, 0.717) is 11.3 Å². The second-order valence-electron chi connectivity index (χ2n) is 4.03. The lowest BCUT2D eigenvalue weighted by Gasteiger charge is -2.07. The Morgan fingerprint density at radius 1 is 1.16 bits per heavy atom. The standard InChI is InChI=1S/C15H15NO2.ClH/c1-11-15(18)14(10-17)13(9-16-11)8-7-12-5-3-2-4-6-12;/h2-9,17-18H,10H2,1H3;1H/b8-7+;. The molecule has 0 aliphatic heterocycles. The highest BCUT2D eigenvalue weighted by atomic mass is 35.5. The normalized spacial score (nSPS) is 10.4. The summed E-state index contributed by atoms with van der Waals surface area (Å²) in [5.74, 6) is 0.0627. The maximum Gasteiger partial charge on any atom is 0.142 e. The Labute approximate surface area is 118 Å². The van der Waals surface area contributed by atoms with Gasteiger partial charge >= 0.3 is 0 Å². The monoisotopic (exact) mass is 277 g/mol. The highest BCUT2D eigenvalue weighted by molar-refractivity contribution is 5.85. The summed E-state index contributed by atoms with van der Waals surface area (Å²) in [6, 6.07) is 9.83. The molecule has 0 amide bonds. The lowest BCUT2D eigenvalue weighted by Crippen LogP contribution is -1.94. The van der Waals surface area contributed by atoms with Gasteiger partial charge in [-0.3, -0.25) is 4.98 Å². The SMILES string of the molecule is Cc1ncc(/C=C/c2ccccc2)c(CO)c1O.Cl. The number of rotatable bonds is 3. The fraction of sp³-hybridized carbons (Fsp3) is 0.133. The molecule has 3 nitrogen and oxygen atoms in total. The number of hydrogen-bond acceptors (Lipinski definition) is 3. The van der Waals surface area contributed by atoms with E-state index >= 15 is 0 Å². The molecule has 2 rings (SSSR count). The minimum atomic E-state index is -0.205. The van der Waals surface area contributed by atoms with Crippen LogP contribution in [0.3, 0.4) is 0 Å². The van der Waals surface area contributed by atoms with Gasteiger partial charge in [0, 0.05) is 17.3 Å². The first-order valence-electron chi connectivity index (χ1n) is 5.74. The van der Waals surface area contributed by atoms with E-state index in [1.807, 2.05) is 42.5 Å². The molecule has 0 aliphatic rings. The summed E-state index contributed by atoms with van der Waals surface area (Å²) < 4.78 is 0. The van der Waals surface area contributed by atoms with Crippen LogP contribution in [0.4, 0.5) is 0 Å². The van der Waals surface area contributed by atoms with Crippen molar-refractivity contribution in [3.63, 3.8) is 0 Å². The fourth-order valence-corrected chi connectivity index (χ4v) is 1.72. The number of pyridine rings is 1. The molecule has 2 aromatic rings. The second-order valence-corrected chi connectivity index (χ2v) is 4.03. The van der Waals surface area contributed by atoms with E-state index in [2.05, 4.69) is 4.98 Å². The van der Waals surface area contributed by atoms with Crippen molar-refractivity contribution < 1.29 is 10.2 Å². The summed E-state index contributed by atoms with van der Waals surface area (Å²) in [5, 5.41) is 19.1. The first kappa shape index (κ1) is 15.2. The number of aliphatic hydroxyl groups excluding tert-OH is 1. The topological polar surface area (TPSA) is 53.4 Å². The minimum Gasteiger partial charge on any atom is -0.506 e. The molecule has 100 valence electrons. The molecule has 2 N–H and O–H groups in total. The van der Waals surface area contributed by atoms with Crippen LogP contribution in [0.2, 0.25) is 0 Å². The molecule has 0 bridgehead atoms. The zero-order valence-electron chi connectivity index (χ0n) is 10.6. The van der Waals surface area contributed by atoms with Crippen molar-refractivity contribution in [2.75, 3.05) is 0 Å². The minimum absolute atomic E-state index is 0. The number of aromatic nitrogens is 1. The number of nitrogens with zero attached hydrogens (tertiary/aromatic N) is 1. The Bertz CT molecular complexity index is 568. The van der Waals surface area contributed by atoms with E-state index in [-0.39, 0.29) is 24.8 Å². The van der Waals surface area contributed by atoms with Crippen molar-refractivity contribution in [2.45, 2.75) is 13.5 Å². The third kappa shape index (κ3) is 3.56. The molecular formula is C15H16ClNO2. The van der Waals surface area contributed by atoms with Gasteiger partial charge < -0.3 is 10.2 Å². The lowest BCUT2D eigenvalue weighted by molar-refractivity contribution is 0.274. The summed E-state index contributed by atoms with van der Waals surface area (Å²) >= 11 is 0. The second kappa shape index (κ2) is 6.92. The first-order valence-corrected chi connectivity index (χ1v) is 5.74. The number of halogens is 1. The number of hydrogen-bond donors (Lipinski definition) is 2. The van der Waals surface area contributed by atoms with Gasteiger partial charge in [-0.25, -0.2) is 0 Å². The van der Waals surface area contributed by atoms with Crippen LogP contribution < -0.4 is 0 Å². The van der Waals surface area contributed by atoms with Crippen LogP contribution in [0.25, 0.3) is 12.2 Å². The van der Waals surface area contributed by atoms with Gasteiger partial charge in [-0.05, 0) is 12.5 Å². The van der Waals surface area contributed by atoms with E-state index < -0.39 is 0 Å². The van der Waals surface area contributed by atoms with Gasteiger partial charge in [-0.2, -0.15) is 0 Å². The van der Waals surface area contributed by atoms with Gasteiger partial charge in [0.1, 0.15) is 5.75 Å². The summed E-state index contributed by atoms with van der Waals surface area (Å²) in [4.78, 5) is 4.09. The van der Waals surface area contributed by atoms with E-state index in [9.17, 15) is 10.2 Å². The Hall–Kier alpha value is -1.84. The number of aromatic hydroxyl groups is 1. The molecule has 0 saturated carbocycles. The van der Waals surface area contributed by atoms with E-state index in [0.717, 1.165) is 11.1 Å². The summed E-state index contributed by atoms with van der Waals surface area (Å²) in [5.41, 5.74) is 2.82. The molecular weight excluding hydrogens is 262 g/mol. The summed E-state index contributed by atoms with van der Waals surface area (Å²) in [7, 11) is 0. The van der Waals surface area contributed by atoms with Crippen LogP contribution in [0, 0.1) is 6.92 Å². The van der Waals surface area contributed by atoms with Gasteiger partial charge in [0.05, 0.1) is 12.3 Å². The number of benzene rings is 1. The van der Waals surface area contributed by atoms with Crippen molar-refractivity contribution in [3.05, 3.63) is 58.9 Å². The quantitative estimate of drug-likeness (QED) is 0.906. The predicted molar refractivity (Wildman–Crippen MR) is 79.2 cm³/mol. The van der Waals surface area contributed by atoms with Crippen LogP contribution in [0.5, 0.6) is 5.75 Å². The molecule has 0 spiro atoms. The Balaban J connectivity index is 0.00000180. The highest BCUT2D eigenvalue weighted by Gasteiger charge is 2.08. The molecule has 1 heterocycles. The molecule has 1 aromatic heterocycles. The average molecular weight is 278 g/mol. The third-order valence-corrected chi connectivity index (χ3v) is 2.79. The zero-order chi connectivity index (χ0) is 13.0. The lowest BCUT2D eigenvalue weighted by atomic mass is 10.1. The van der Waals surface area contributed by atoms with Crippen molar-refractivity contribution in [1.82, 2.24) is 4.98 Å². The first-order chi connectivity index (χ1) is 8.72. The maximum atomic E-state index is 9.82. The Morgan fingerprint density at radius 2 is 1.84 bits per heavy atom. The molecule has 19 heavy (non-hydrogen) atoms. The van der Waals surface area contributed by atoms with Crippen LogP contribution >= 0.6 is 12.4 Å². The summed E-state index contributed by atoms with van der Waals surface area (Å²) in [6.45, 7) is 1.50. The average Bonchev–Trinajstić information content (AvgIpc) is 2.41. The molecule has 0 fully saturated rings. The van der Waals surface area contributed by atoms with E-state index in [4.69, 9.17) is 0 Å². The van der Waals surface area contributed by atoms with Crippen molar-refractivity contribution in [1.29, 1.82) is 0 Å². The van der Waals surface area contributed by atoms with E-state index in [1.54, 1.807) is 13.1 Å². The summed E-state index contributed by atoms with van der Waals surface area (Å²) in [6.07, 6.45) is 5.41. The van der Waals surface area contributed by atoms with Crippen LogP contribution in [-0.4, -0.2) is 15.2 Å². The molecule has 0 saturated heterocycles. The van der Waals surface area contributed by atoms with E-state index in [1.165, 1.54) is 0 Å². The van der Waals surface area contributed by atoms with Crippen LogP contribution in [0.15, 0.2) is 36.5 Å². The van der Waals surface area contributed by atoms with Gasteiger partial charge in [0.15, 0.2) is 0 Å². The maximum absolute atomic E-state index is 9.82. The number of aliphatic hydroxyl groups is 1. The van der Waals surface area contributed by atoms with Gasteiger partial charge in [0.25, 0.3) is 0 Å². The van der Waals surface area contributed by atoms with Crippen LogP contribution in [-0.2, 0) is 6.61 Å². The molecule has 0 atom stereocenters. The zero-order valence-corrected chi connectivity index (χ0v) is 11.4. The molecule has 0 aliphatic carbocycles. The van der Waals surface area contributed by atoms with Crippen molar-refractivity contribution >= 4 is 24.6 Å². The Morgan fingerprint density at radius 3 is 2.47 bits per heavy atom. The van der Waals surface area contributed by atoms with Crippen molar-refractivity contribution in [2.24, 2.45) is 0 Å². The molecule has 0 radical (unpaired) electrons. The van der Waals surface area contributed by atoms with Gasteiger partial charge in [-0.1, -0.05) is 42.5 Å². The Kier molecular flexibility index (Phi) is 5.55. The van der Waals surface area contributed by atoms with Crippen molar-refractivity contribution in [3.8, 4) is 5.75 Å². The van der Waals surface area contributed by atoms with Gasteiger partial charge in [-0.15, -0.1) is 12.4 Å².